The molecule has 2 fully saturated rings. The van der Waals surface area contributed by atoms with Crippen LogP contribution in [0.25, 0.3) is 20.8 Å². The van der Waals surface area contributed by atoms with Gasteiger partial charge in [-0.3, -0.25) is 4.98 Å². The van der Waals surface area contributed by atoms with Crippen molar-refractivity contribution in [1.82, 2.24) is 19.9 Å². The minimum Gasteiger partial charge on any atom is -0.396 e. The average Bonchev–Trinajstić information content (AvgIpc) is 3.29. The van der Waals surface area contributed by atoms with E-state index in [-0.39, 0.29) is 25.4 Å². The van der Waals surface area contributed by atoms with Gasteiger partial charge < -0.3 is 26.0 Å². The molecule has 0 aliphatic heterocycles. The number of hydrogen-bond donors (Lipinski definition) is 5. The standard InChI is InChI=1S/C22H26F2N6O3S/c1-9-15(20-29-16-10(2)25-4-3-14(16)34-20)19(28-13-5-11(8-31)17(32)18(13)33)30-21(26-9)27-12-6-22(23,24)7-12/h3-4,11-13,17-18,31-33H,5-8H2,1-2H3,(H2,26,27,28,30)/t11-,13-,17-,18+/m1/s1. The van der Waals surface area contributed by atoms with Gasteiger partial charge in [0, 0.05) is 37.6 Å². The molecule has 0 radical (unpaired) electrons. The third-order valence-electron chi connectivity index (χ3n) is 6.58. The smallest absolute Gasteiger partial charge is 0.252 e. The number of aliphatic hydroxyl groups is 3. The fraction of sp³-hybridized carbons (Fsp3) is 0.545. The van der Waals surface area contributed by atoms with E-state index in [2.05, 4.69) is 25.6 Å². The number of aromatic nitrogens is 4. The lowest BCUT2D eigenvalue weighted by Crippen LogP contribution is -2.44. The summed E-state index contributed by atoms with van der Waals surface area (Å²) in [5.41, 5.74) is 2.77. The molecule has 3 heterocycles. The molecule has 34 heavy (non-hydrogen) atoms. The summed E-state index contributed by atoms with van der Waals surface area (Å²) in [6.45, 7) is 3.41. The molecule has 3 aromatic heterocycles. The summed E-state index contributed by atoms with van der Waals surface area (Å²) in [5.74, 6) is -2.57. The van der Waals surface area contributed by atoms with Gasteiger partial charge in [0.05, 0.1) is 33.8 Å². The van der Waals surface area contributed by atoms with Crippen molar-refractivity contribution in [2.24, 2.45) is 5.92 Å². The maximum Gasteiger partial charge on any atom is 0.252 e. The summed E-state index contributed by atoms with van der Waals surface area (Å²) in [5, 5.41) is 37.2. The van der Waals surface area contributed by atoms with Gasteiger partial charge in [0.25, 0.3) is 5.92 Å². The van der Waals surface area contributed by atoms with Gasteiger partial charge in [0.2, 0.25) is 5.95 Å². The summed E-state index contributed by atoms with van der Waals surface area (Å²) in [4.78, 5) is 18.1. The highest BCUT2D eigenvalue weighted by molar-refractivity contribution is 7.21. The molecule has 2 saturated carbocycles. The highest BCUT2D eigenvalue weighted by atomic mass is 32.1. The molecule has 2 aliphatic rings. The second kappa shape index (κ2) is 8.59. The van der Waals surface area contributed by atoms with E-state index in [1.54, 1.807) is 13.1 Å². The van der Waals surface area contributed by atoms with Gasteiger partial charge in [-0.1, -0.05) is 0 Å². The lowest BCUT2D eigenvalue weighted by atomic mass is 9.88. The van der Waals surface area contributed by atoms with Gasteiger partial charge >= 0.3 is 0 Å². The molecule has 5 rings (SSSR count). The predicted molar refractivity (Wildman–Crippen MR) is 124 cm³/mol. The molecule has 5 N–H and O–H groups in total. The van der Waals surface area contributed by atoms with Crippen LogP contribution in [0.15, 0.2) is 12.3 Å². The van der Waals surface area contributed by atoms with Crippen LogP contribution in [0.3, 0.4) is 0 Å². The monoisotopic (exact) mass is 492 g/mol. The molecule has 0 aromatic carbocycles. The van der Waals surface area contributed by atoms with Crippen LogP contribution in [0.4, 0.5) is 20.5 Å². The van der Waals surface area contributed by atoms with Crippen molar-refractivity contribution in [2.45, 2.75) is 63.3 Å². The second-order valence-electron chi connectivity index (χ2n) is 9.13. The summed E-state index contributed by atoms with van der Waals surface area (Å²) < 4.78 is 27.6. The highest BCUT2D eigenvalue weighted by Crippen LogP contribution is 2.41. The zero-order valence-corrected chi connectivity index (χ0v) is 19.5. The van der Waals surface area contributed by atoms with Gasteiger partial charge in [-0.05, 0) is 26.3 Å². The molecule has 0 spiro atoms. The molecule has 182 valence electrons. The predicted octanol–water partition coefficient (Wildman–Crippen LogP) is 2.49. The molecule has 12 heteroatoms. The molecule has 9 nitrogen and oxygen atoms in total. The highest BCUT2D eigenvalue weighted by Gasteiger charge is 2.46. The van der Waals surface area contributed by atoms with Crippen molar-refractivity contribution < 1.29 is 24.1 Å². The maximum atomic E-state index is 13.3. The largest absolute Gasteiger partial charge is 0.396 e. The molecular formula is C22H26F2N6O3S. The number of aryl methyl sites for hydroxylation is 2. The Morgan fingerprint density at radius 2 is 1.85 bits per heavy atom. The fourth-order valence-corrected chi connectivity index (χ4v) is 5.77. The maximum absolute atomic E-state index is 13.3. The zero-order chi connectivity index (χ0) is 24.2. The molecular weight excluding hydrogens is 466 g/mol. The first-order valence-corrected chi connectivity index (χ1v) is 12.0. The topological polar surface area (TPSA) is 136 Å². The number of halogens is 2. The van der Waals surface area contributed by atoms with Crippen LogP contribution in [0.5, 0.6) is 0 Å². The van der Waals surface area contributed by atoms with Crippen LogP contribution < -0.4 is 10.6 Å². The minimum absolute atomic E-state index is 0.204. The van der Waals surface area contributed by atoms with Crippen LogP contribution in [0.1, 0.15) is 30.7 Å². The Morgan fingerprint density at radius 3 is 2.50 bits per heavy atom. The molecule has 0 saturated heterocycles. The first-order chi connectivity index (χ1) is 16.1. The molecule has 4 atom stereocenters. The van der Waals surface area contributed by atoms with Crippen LogP contribution >= 0.6 is 11.3 Å². The molecule has 0 amide bonds. The summed E-state index contributed by atoms with van der Waals surface area (Å²) >= 11 is 1.45. The molecule has 2 aliphatic carbocycles. The first kappa shape index (κ1) is 23.2. The number of aliphatic hydroxyl groups excluding tert-OH is 3. The Kier molecular flexibility index (Phi) is 5.87. The Balaban J connectivity index is 1.53. The Morgan fingerprint density at radius 1 is 1.09 bits per heavy atom. The zero-order valence-electron chi connectivity index (χ0n) is 18.7. The van der Waals surface area contributed by atoms with Gasteiger partial charge in [-0.25, -0.2) is 18.7 Å². The number of thiazole rings is 1. The summed E-state index contributed by atoms with van der Waals surface area (Å²) in [6, 6.07) is 0.878. The van der Waals surface area contributed by atoms with Crippen molar-refractivity contribution in [3.63, 3.8) is 0 Å². The third-order valence-corrected chi connectivity index (χ3v) is 7.61. The lowest BCUT2D eigenvalue weighted by molar-refractivity contribution is -0.0794. The van der Waals surface area contributed by atoms with E-state index >= 15 is 0 Å². The van der Waals surface area contributed by atoms with E-state index in [1.165, 1.54) is 11.3 Å². The van der Waals surface area contributed by atoms with E-state index in [9.17, 15) is 24.1 Å². The number of fused-ring (bicyclic) bond motifs is 1. The van der Waals surface area contributed by atoms with Crippen LogP contribution in [0, 0.1) is 19.8 Å². The Hall–Kier alpha value is -2.54. The van der Waals surface area contributed by atoms with E-state index in [1.807, 2.05) is 13.0 Å². The van der Waals surface area contributed by atoms with E-state index < -0.39 is 36.1 Å². The van der Waals surface area contributed by atoms with Gasteiger partial charge in [-0.2, -0.15) is 4.98 Å². The van der Waals surface area contributed by atoms with Gasteiger partial charge in [0.1, 0.15) is 22.4 Å². The lowest BCUT2D eigenvalue weighted by Gasteiger charge is -2.35. The number of rotatable bonds is 6. The number of nitrogens with one attached hydrogen (secondary N) is 2. The van der Waals surface area contributed by atoms with Crippen molar-refractivity contribution in [3.8, 4) is 10.6 Å². The van der Waals surface area contributed by atoms with E-state index in [0.29, 0.717) is 28.5 Å². The minimum atomic E-state index is -2.68. The van der Waals surface area contributed by atoms with Gasteiger partial charge in [0.15, 0.2) is 0 Å². The summed E-state index contributed by atoms with van der Waals surface area (Å²) in [6.07, 6.45) is -0.689. The molecule has 0 unspecified atom stereocenters. The number of anilines is 2. The fourth-order valence-electron chi connectivity index (χ4n) is 4.66. The number of nitrogens with zero attached hydrogens (tertiary/aromatic N) is 4. The average molecular weight is 493 g/mol. The summed E-state index contributed by atoms with van der Waals surface area (Å²) in [7, 11) is 0. The van der Waals surface area contributed by atoms with Crippen molar-refractivity contribution >= 4 is 33.3 Å². The number of hydrogen-bond acceptors (Lipinski definition) is 10. The molecule has 3 aromatic rings. The normalized spacial score (nSPS) is 26.6. The first-order valence-electron chi connectivity index (χ1n) is 11.1. The number of alkyl halides is 2. The quantitative estimate of drug-likeness (QED) is 0.352. The van der Waals surface area contributed by atoms with Crippen LogP contribution in [-0.2, 0) is 0 Å². The van der Waals surface area contributed by atoms with Crippen molar-refractivity contribution in [3.05, 3.63) is 23.7 Å². The SMILES string of the molecule is Cc1nc(NC2CC(F)(F)C2)nc(N[C@@H]2C[C@H](CO)[C@@H](O)[C@H]2O)c1-c1nc2c(C)nccc2s1. The van der Waals surface area contributed by atoms with E-state index in [4.69, 9.17) is 4.98 Å². The number of pyridine rings is 1. The Bertz CT molecular complexity index is 1220. The van der Waals surface area contributed by atoms with Crippen LogP contribution in [-0.4, -0.2) is 72.1 Å². The van der Waals surface area contributed by atoms with Crippen molar-refractivity contribution in [2.75, 3.05) is 17.2 Å². The van der Waals surface area contributed by atoms with Crippen LogP contribution in [0.2, 0.25) is 0 Å². The Labute approximate surface area is 198 Å². The van der Waals surface area contributed by atoms with Crippen molar-refractivity contribution in [1.29, 1.82) is 0 Å². The molecule has 0 bridgehead atoms. The van der Waals surface area contributed by atoms with E-state index in [0.717, 1.165) is 15.9 Å². The second-order valence-corrected chi connectivity index (χ2v) is 10.2. The van der Waals surface area contributed by atoms with Gasteiger partial charge in [-0.15, -0.1) is 11.3 Å². The third kappa shape index (κ3) is 4.19.